The Bertz CT molecular complexity index is 608. The van der Waals surface area contributed by atoms with Crippen molar-refractivity contribution in [2.75, 3.05) is 0 Å². The molecule has 19 heavy (non-hydrogen) atoms. The maximum Gasteiger partial charge on any atom is 0.336 e. The predicted octanol–water partition coefficient (Wildman–Crippen LogP) is 3.46. The first-order valence-corrected chi connectivity index (χ1v) is 6.60. The highest BCUT2D eigenvalue weighted by Crippen LogP contribution is 2.29. The van der Waals surface area contributed by atoms with Crippen LogP contribution in [0.2, 0.25) is 0 Å². The van der Waals surface area contributed by atoms with Gasteiger partial charge in [-0.3, -0.25) is 0 Å². The fourth-order valence-electron chi connectivity index (χ4n) is 1.55. The van der Waals surface area contributed by atoms with Gasteiger partial charge in [0.1, 0.15) is 11.6 Å². The van der Waals surface area contributed by atoms with E-state index >= 15 is 0 Å². The molecular weight excluding hydrogens is 264 g/mol. The summed E-state index contributed by atoms with van der Waals surface area (Å²) in [6.45, 7) is 5.72. The maximum atomic E-state index is 11.0. The summed E-state index contributed by atoms with van der Waals surface area (Å²) >= 11 is 1.16. The Morgan fingerprint density at radius 3 is 2.74 bits per heavy atom. The molecule has 0 bridgehead atoms. The van der Waals surface area contributed by atoms with Gasteiger partial charge in [-0.2, -0.15) is 9.36 Å². The fraction of sp³-hybridized carbons (Fsp3) is 0.308. The van der Waals surface area contributed by atoms with Crippen LogP contribution < -0.4 is 4.74 Å². The number of hydrogen-bond donors (Lipinski definition) is 1. The van der Waals surface area contributed by atoms with Crippen molar-refractivity contribution in [3.05, 3.63) is 35.2 Å². The molecule has 0 saturated carbocycles. The summed E-state index contributed by atoms with van der Waals surface area (Å²) in [4.78, 5) is 15.3. The molecule has 0 spiro atoms. The van der Waals surface area contributed by atoms with Gasteiger partial charge in [0, 0.05) is 23.0 Å². The lowest BCUT2D eigenvalue weighted by Gasteiger charge is -2.07. The molecule has 2 aromatic rings. The molecule has 0 radical (unpaired) electrons. The van der Waals surface area contributed by atoms with Crippen LogP contribution in [0.15, 0.2) is 18.2 Å². The average molecular weight is 278 g/mol. The number of aromatic carboxylic acids is 1. The molecule has 0 fully saturated rings. The quantitative estimate of drug-likeness (QED) is 0.927. The van der Waals surface area contributed by atoms with Crippen molar-refractivity contribution in [1.82, 2.24) is 9.36 Å². The highest BCUT2D eigenvalue weighted by atomic mass is 32.1. The second kappa shape index (κ2) is 5.36. The van der Waals surface area contributed by atoms with E-state index in [-0.39, 0.29) is 11.5 Å². The number of rotatable bonds is 4. The van der Waals surface area contributed by atoms with Gasteiger partial charge in [-0.25, -0.2) is 4.79 Å². The molecule has 100 valence electrons. The zero-order valence-electron chi connectivity index (χ0n) is 10.9. The van der Waals surface area contributed by atoms with E-state index in [1.807, 2.05) is 13.8 Å². The van der Waals surface area contributed by atoms with E-state index in [1.54, 1.807) is 25.1 Å². The summed E-state index contributed by atoms with van der Waals surface area (Å²) in [5.74, 6) is 0.488. The van der Waals surface area contributed by atoms with Gasteiger partial charge < -0.3 is 9.84 Å². The third kappa shape index (κ3) is 2.90. The van der Waals surface area contributed by atoms with E-state index < -0.39 is 5.97 Å². The van der Waals surface area contributed by atoms with Crippen molar-refractivity contribution in [3.8, 4) is 10.9 Å². The maximum absolute atomic E-state index is 11.0. The largest absolute Gasteiger partial charge is 0.478 e. The van der Waals surface area contributed by atoms with Gasteiger partial charge in [-0.1, -0.05) is 19.9 Å². The fourth-order valence-corrected chi connectivity index (χ4v) is 2.23. The van der Waals surface area contributed by atoms with Crippen molar-refractivity contribution in [3.63, 3.8) is 0 Å². The zero-order valence-corrected chi connectivity index (χ0v) is 11.7. The Morgan fingerprint density at radius 1 is 1.42 bits per heavy atom. The van der Waals surface area contributed by atoms with Gasteiger partial charge in [-0.15, -0.1) is 0 Å². The zero-order chi connectivity index (χ0) is 14.0. The standard InChI is InChI=1S/C13H14N2O3S/c1-7(2)11-14-13(19-15-11)18-10-6-4-5-9(8(10)3)12(16)17/h4-7H,1-3H3,(H,16,17). The summed E-state index contributed by atoms with van der Waals surface area (Å²) in [7, 11) is 0. The van der Waals surface area contributed by atoms with Gasteiger partial charge in [0.05, 0.1) is 5.56 Å². The van der Waals surface area contributed by atoms with E-state index in [1.165, 1.54) is 0 Å². The summed E-state index contributed by atoms with van der Waals surface area (Å²) in [6.07, 6.45) is 0. The molecular formula is C13H14N2O3S. The van der Waals surface area contributed by atoms with E-state index in [0.29, 0.717) is 16.5 Å². The average Bonchev–Trinajstić information content (AvgIpc) is 2.80. The molecule has 0 amide bonds. The number of carboxylic acids is 1. The van der Waals surface area contributed by atoms with Crippen LogP contribution in [0.25, 0.3) is 0 Å². The van der Waals surface area contributed by atoms with Gasteiger partial charge in [0.25, 0.3) is 5.19 Å². The van der Waals surface area contributed by atoms with Crippen LogP contribution in [0.4, 0.5) is 0 Å². The van der Waals surface area contributed by atoms with Crippen LogP contribution in [0.3, 0.4) is 0 Å². The second-order valence-electron chi connectivity index (χ2n) is 4.41. The molecule has 1 N–H and O–H groups in total. The third-order valence-corrected chi connectivity index (χ3v) is 3.26. The minimum absolute atomic E-state index is 0.228. The van der Waals surface area contributed by atoms with Crippen molar-refractivity contribution >= 4 is 17.5 Å². The predicted molar refractivity (Wildman–Crippen MR) is 72.2 cm³/mol. The van der Waals surface area contributed by atoms with Crippen molar-refractivity contribution in [2.24, 2.45) is 0 Å². The number of carboxylic acid groups (broad SMARTS) is 1. The third-order valence-electron chi connectivity index (χ3n) is 2.65. The number of hydrogen-bond acceptors (Lipinski definition) is 5. The van der Waals surface area contributed by atoms with E-state index in [0.717, 1.165) is 17.4 Å². The lowest BCUT2D eigenvalue weighted by molar-refractivity contribution is 0.0695. The molecule has 0 aliphatic heterocycles. The first-order chi connectivity index (χ1) is 8.99. The molecule has 0 aliphatic carbocycles. The van der Waals surface area contributed by atoms with Crippen molar-refractivity contribution in [1.29, 1.82) is 0 Å². The Morgan fingerprint density at radius 2 is 2.16 bits per heavy atom. The molecule has 1 heterocycles. The number of aromatic nitrogens is 2. The molecule has 1 aromatic carbocycles. The topological polar surface area (TPSA) is 72.3 Å². The second-order valence-corrected chi connectivity index (χ2v) is 5.12. The minimum Gasteiger partial charge on any atom is -0.478 e. The monoisotopic (exact) mass is 278 g/mol. The SMILES string of the molecule is Cc1c(Oc2nc(C(C)C)ns2)cccc1C(=O)O. The molecule has 1 aromatic heterocycles. The number of benzene rings is 1. The van der Waals surface area contributed by atoms with Gasteiger partial charge in [0.2, 0.25) is 0 Å². The Kier molecular flexibility index (Phi) is 3.80. The highest BCUT2D eigenvalue weighted by Gasteiger charge is 2.14. The molecule has 0 unspecified atom stereocenters. The number of ether oxygens (including phenoxy) is 1. The van der Waals surface area contributed by atoms with Crippen molar-refractivity contribution < 1.29 is 14.6 Å². The van der Waals surface area contributed by atoms with Gasteiger partial charge >= 0.3 is 5.97 Å². The molecule has 0 saturated heterocycles. The van der Waals surface area contributed by atoms with Crippen LogP contribution in [-0.2, 0) is 0 Å². The number of carbonyl (C=O) groups is 1. The first-order valence-electron chi connectivity index (χ1n) is 5.83. The van der Waals surface area contributed by atoms with Gasteiger partial charge in [0.15, 0.2) is 0 Å². The molecule has 5 nitrogen and oxygen atoms in total. The van der Waals surface area contributed by atoms with E-state index in [2.05, 4.69) is 9.36 Å². The summed E-state index contributed by atoms with van der Waals surface area (Å²) in [6, 6.07) is 4.92. The minimum atomic E-state index is -0.969. The van der Waals surface area contributed by atoms with Crippen molar-refractivity contribution in [2.45, 2.75) is 26.7 Å². The Labute approximate surface area is 115 Å². The van der Waals surface area contributed by atoms with E-state index in [9.17, 15) is 4.79 Å². The first kappa shape index (κ1) is 13.5. The van der Waals surface area contributed by atoms with Gasteiger partial charge in [-0.05, 0) is 19.1 Å². The molecule has 2 rings (SSSR count). The van der Waals surface area contributed by atoms with Crippen LogP contribution in [0, 0.1) is 6.92 Å². The Hall–Kier alpha value is -1.95. The highest BCUT2D eigenvalue weighted by molar-refractivity contribution is 7.07. The molecule has 6 heteroatoms. The van der Waals surface area contributed by atoms with Crippen LogP contribution in [-0.4, -0.2) is 20.4 Å². The van der Waals surface area contributed by atoms with Crippen LogP contribution >= 0.6 is 11.5 Å². The van der Waals surface area contributed by atoms with Crippen LogP contribution in [0.1, 0.15) is 41.5 Å². The Balaban J connectivity index is 2.28. The van der Waals surface area contributed by atoms with Crippen LogP contribution in [0.5, 0.6) is 10.9 Å². The van der Waals surface area contributed by atoms with E-state index in [4.69, 9.17) is 9.84 Å². The summed E-state index contributed by atoms with van der Waals surface area (Å²) in [5, 5.41) is 9.48. The lowest BCUT2D eigenvalue weighted by atomic mass is 10.1. The summed E-state index contributed by atoms with van der Waals surface area (Å²) in [5.41, 5.74) is 0.808. The smallest absolute Gasteiger partial charge is 0.336 e. The lowest BCUT2D eigenvalue weighted by Crippen LogP contribution is -2.00. The molecule has 0 atom stereocenters. The molecule has 0 aliphatic rings. The summed E-state index contributed by atoms with van der Waals surface area (Å²) < 4.78 is 9.80. The number of nitrogens with zero attached hydrogens (tertiary/aromatic N) is 2. The normalized spacial score (nSPS) is 10.7.